The van der Waals surface area contributed by atoms with Gasteiger partial charge in [0.1, 0.15) is 18.9 Å². The predicted octanol–water partition coefficient (Wildman–Crippen LogP) is 3.71. The fraction of sp³-hybridized carbons (Fsp3) is 0.318. The zero-order valence-electron chi connectivity index (χ0n) is 17.7. The molecule has 0 radical (unpaired) electrons. The number of anilines is 1. The van der Waals surface area contributed by atoms with Gasteiger partial charge in [-0.3, -0.25) is 19.4 Å². The summed E-state index contributed by atoms with van der Waals surface area (Å²) < 4.78 is 31.5. The highest BCUT2D eigenvalue weighted by molar-refractivity contribution is 6.12. The van der Waals surface area contributed by atoms with E-state index in [0.717, 1.165) is 5.56 Å². The van der Waals surface area contributed by atoms with Crippen LogP contribution in [0.15, 0.2) is 36.9 Å². The lowest BCUT2D eigenvalue weighted by Crippen LogP contribution is -2.39. The third kappa shape index (κ3) is 3.66. The minimum atomic E-state index is -2.59. The molecule has 1 amide bonds. The molecule has 3 aromatic heterocycles. The molecule has 164 valence electrons. The van der Waals surface area contributed by atoms with Crippen molar-refractivity contribution in [3.63, 3.8) is 0 Å². The number of rotatable bonds is 6. The van der Waals surface area contributed by atoms with Crippen molar-refractivity contribution in [2.24, 2.45) is 0 Å². The number of aromatic nitrogens is 4. The average Bonchev–Trinajstić information content (AvgIpc) is 3.27. The highest BCUT2D eigenvalue weighted by Gasteiger charge is 2.47. The maximum atomic E-state index is 13.3. The fourth-order valence-corrected chi connectivity index (χ4v) is 3.87. The van der Waals surface area contributed by atoms with Crippen molar-refractivity contribution < 1.29 is 18.3 Å². The van der Waals surface area contributed by atoms with E-state index in [1.165, 1.54) is 10.9 Å². The lowest BCUT2D eigenvalue weighted by atomic mass is 9.96. The molecule has 0 N–H and O–H groups in total. The number of amides is 1. The van der Waals surface area contributed by atoms with Crippen LogP contribution < -0.4 is 9.64 Å². The third-order valence-electron chi connectivity index (χ3n) is 5.27. The smallest absolute Gasteiger partial charge is 0.272 e. The van der Waals surface area contributed by atoms with E-state index in [9.17, 15) is 13.6 Å². The Hall–Kier alpha value is -3.87. The van der Waals surface area contributed by atoms with E-state index in [1.807, 2.05) is 26.8 Å². The molecule has 4 heterocycles. The SMILES string of the molecule is Cc1cc(-c2cncc(OCC(F)F)c2)nc2c1C(=O)N(c1cnn(CC#N)c1)C2(C)C. The normalized spacial score (nSPS) is 14.5. The number of nitrogens with zero attached hydrogens (tertiary/aromatic N) is 6. The number of aryl methyl sites for hydroxylation is 1. The Labute approximate surface area is 183 Å². The molecule has 0 aliphatic carbocycles. The van der Waals surface area contributed by atoms with Gasteiger partial charge in [-0.05, 0) is 38.5 Å². The highest BCUT2D eigenvalue weighted by Crippen LogP contribution is 2.43. The number of alkyl halides is 2. The van der Waals surface area contributed by atoms with Crippen LogP contribution in [0, 0.1) is 18.3 Å². The van der Waals surface area contributed by atoms with Crippen LogP contribution in [0.2, 0.25) is 0 Å². The second-order valence-electron chi connectivity index (χ2n) is 7.91. The maximum Gasteiger partial charge on any atom is 0.272 e. The second kappa shape index (κ2) is 8.00. The van der Waals surface area contributed by atoms with E-state index >= 15 is 0 Å². The molecule has 0 aromatic carbocycles. The molecule has 0 bridgehead atoms. The molecule has 0 fully saturated rings. The third-order valence-corrected chi connectivity index (χ3v) is 5.27. The lowest BCUT2D eigenvalue weighted by Gasteiger charge is -2.30. The molecule has 0 atom stereocenters. The van der Waals surface area contributed by atoms with Gasteiger partial charge in [0.2, 0.25) is 0 Å². The number of hydrogen-bond acceptors (Lipinski definition) is 6. The van der Waals surface area contributed by atoms with E-state index < -0.39 is 18.6 Å². The van der Waals surface area contributed by atoms with Crippen molar-refractivity contribution >= 4 is 11.6 Å². The second-order valence-corrected chi connectivity index (χ2v) is 7.91. The van der Waals surface area contributed by atoms with Gasteiger partial charge in [-0.25, -0.2) is 13.8 Å². The summed E-state index contributed by atoms with van der Waals surface area (Å²) in [6.07, 6.45) is 3.54. The van der Waals surface area contributed by atoms with Crippen LogP contribution in [0.1, 0.15) is 35.5 Å². The molecule has 32 heavy (non-hydrogen) atoms. The van der Waals surface area contributed by atoms with Crippen molar-refractivity contribution in [3.05, 3.63) is 53.7 Å². The summed E-state index contributed by atoms with van der Waals surface area (Å²) >= 11 is 0. The first kappa shape index (κ1) is 21.4. The summed E-state index contributed by atoms with van der Waals surface area (Å²) in [5, 5.41) is 13.0. The minimum Gasteiger partial charge on any atom is -0.486 e. The molecule has 1 aliphatic rings. The Balaban J connectivity index is 1.74. The first-order valence-electron chi connectivity index (χ1n) is 9.85. The standard InChI is InChI=1S/C22H20F2N6O2/c1-13-6-17(14-7-16(10-26-8-14)32-12-18(23)24)28-20-19(13)21(31)30(22(20,2)3)15-9-27-29(11-15)5-4-25/h6-11,18H,5,12H2,1-3H3. The van der Waals surface area contributed by atoms with Crippen molar-refractivity contribution in [2.45, 2.75) is 39.3 Å². The predicted molar refractivity (Wildman–Crippen MR) is 111 cm³/mol. The van der Waals surface area contributed by atoms with E-state index in [0.29, 0.717) is 28.2 Å². The van der Waals surface area contributed by atoms with Crippen molar-refractivity contribution in [1.29, 1.82) is 5.26 Å². The van der Waals surface area contributed by atoms with Crippen molar-refractivity contribution in [1.82, 2.24) is 19.7 Å². The van der Waals surface area contributed by atoms with Crippen molar-refractivity contribution in [3.8, 4) is 23.1 Å². The molecule has 3 aromatic rings. The van der Waals surface area contributed by atoms with Crippen LogP contribution >= 0.6 is 0 Å². The summed E-state index contributed by atoms with van der Waals surface area (Å²) in [5.41, 5.74) is 2.75. The summed E-state index contributed by atoms with van der Waals surface area (Å²) in [6.45, 7) is 4.95. The van der Waals surface area contributed by atoms with Gasteiger partial charge in [-0.1, -0.05) is 0 Å². The molecule has 0 unspecified atom stereocenters. The Morgan fingerprint density at radius 3 is 2.75 bits per heavy atom. The number of ether oxygens (including phenoxy) is 1. The van der Waals surface area contributed by atoms with Crippen LogP contribution in [0.5, 0.6) is 5.75 Å². The van der Waals surface area contributed by atoms with Crippen LogP contribution in [0.3, 0.4) is 0 Å². The number of halogens is 2. The van der Waals surface area contributed by atoms with Crippen LogP contribution in [0.25, 0.3) is 11.3 Å². The minimum absolute atomic E-state index is 0.0772. The summed E-state index contributed by atoms with van der Waals surface area (Å²) in [7, 11) is 0. The van der Waals surface area contributed by atoms with Crippen LogP contribution in [-0.2, 0) is 12.1 Å². The first-order chi connectivity index (χ1) is 15.2. The van der Waals surface area contributed by atoms with Gasteiger partial charge in [0.05, 0.1) is 46.6 Å². The van der Waals surface area contributed by atoms with E-state index in [4.69, 9.17) is 15.0 Å². The highest BCUT2D eigenvalue weighted by atomic mass is 19.3. The van der Waals surface area contributed by atoms with Gasteiger partial charge >= 0.3 is 0 Å². The number of fused-ring (bicyclic) bond motifs is 1. The van der Waals surface area contributed by atoms with Crippen LogP contribution in [0.4, 0.5) is 14.5 Å². The molecule has 4 rings (SSSR count). The van der Waals surface area contributed by atoms with E-state index in [1.54, 1.807) is 35.6 Å². The average molecular weight is 438 g/mol. The zero-order chi connectivity index (χ0) is 23.0. The lowest BCUT2D eigenvalue weighted by molar-refractivity contribution is 0.0817. The molecular formula is C22H20F2N6O2. The molecule has 0 saturated carbocycles. The molecule has 1 aliphatic heterocycles. The Kier molecular flexibility index (Phi) is 5.34. The van der Waals surface area contributed by atoms with Crippen molar-refractivity contribution in [2.75, 3.05) is 11.5 Å². The molecule has 0 spiro atoms. The van der Waals surface area contributed by atoms with Gasteiger partial charge in [-0.15, -0.1) is 0 Å². The summed E-state index contributed by atoms with van der Waals surface area (Å²) in [5.74, 6) is 0.00909. The number of carbonyl (C=O) groups is 1. The molecular weight excluding hydrogens is 418 g/mol. The summed E-state index contributed by atoms with van der Waals surface area (Å²) in [6, 6.07) is 5.38. The Bertz CT molecular complexity index is 1230. The molecule has 10 heteroatoms. The van der Waals surface area contributed by atoms with Gasteiger partial charge in [0.25, 0.3) is 12.3 Å². The molecule has 0 saturated heterocycles. The van der Waals surface area contributed by atoms with E-state index in [-0.39, 0.29) is 18.2 Å². The maximum absolute atomic E-state index is 13.3. The number of carbonyl (C=O) groups excluding carboxylic acids is 1. The number of hydrogen-bond donors (Lipinski definition) is 0. The first-order valence-corrected chi connectivity index (χ1v) is 9.85. The number of pyridine rings is 2. The van der Waals surface area contributed by atoms with E-state index in [2.05, 4.69) is 10.1 Å². The van der Waals surface area contributed by atoms with Gasteiger partial charge < -0.3 is 4.74 Å². The van der Waals surface area contributed by atoms with Gasteiger partial charge in [-0.2, -0.15) is 10.4 Å². The quantitative estimate of drug-likeness (QED) is 0.582. The summed E-state index contributed by atoms with van der Waals surface area (Å²) in [4.78, 5) is 23.8. The monoisotopic (exact) mass is 438 g/mol. The van der Waals surface area contributed by atoms with Crippen LogP contribution in [-0.4, -0.2) is 38.7 Å². The number of nitriles is 1. The zero-order valence-corrected chi connectivity index (χ0v) is 17.7. The largest absolute Gasteiger partial charge is 0.486 e. The van der Waals surface area contributed by atoms with Gasteiger partial charge in [0, 0.05) is 18.0 Å². The van der Waals surface area contributed by atoms with Gasteiger partial charge in [0.15, 0.2) is 0 Å². The topological polar surface area (TPSA) is 96.9 Å². The Morgan fingerprint density at radius 2 is 2.03 bits per heavy atom. The Morgan fingerprint density at radius 1 is 1.25 bits per heavy atom. The molecule has 8 nitrogen and oxygen atoms in total. The fourth-order valence-electron chi connectivity index (χ4n) is 3.87.